The van der Waals surface area contributed by atoms with E-state index < -0.39 is 0 Å². The highest BCUT2D eigenvalue weighted by atomic mass is 15.1. The molecule has 3 rings (SSSR count). The maximum Gasteiger partial charge on any atom is 0.0618 e. The maximum absolute atomic E-state index is 6.30. The molecule has 1 heterocycles. The fourth-order valence-electron chi connectivity index (χ4n) is 3.61. The van der Waals surface area contributed by atoms with Crippen LogP contribution < -0.4 is 11.1 Å². The van der Waals surface area contributed by atoms with Crippen molar-refractivity contribution in [3.8, 4) is 0 Å². The van der Waals surface area contributed by atoms with Crippen LogP contribution in [-0.4, -0.2) is 25.0 Å². The first-order valence-corrected chi connectivity index (χ1v) is 9.28. The number of nitrogen functional groups attached to an aromatic ring is 1. The van der Waals surface area contributed by atoms with Crippen molar-refractivity contribution in [3.63, 3.8) is 0 Å². The van der Waals surface area contributed by atoms with E-state index in [0.29, 0.717) is 5.92 Å². The summed E-state index contributed by atoms with van der Waals surface area (Å²) in [7, 11) is 2.21. The van der Waals surface area contributed by atoms with Crippen molar-refractivity contribution in [2.24, 2.45) is 0 Å². The van der Waals surface area contributed by atoms with Gasteiger partial charge in [-0.2, -0.15) is 0 Å². The standard InChI is InChI=1S/C22H31N3/c1-22(2,3)18-10-11-21(20(23)14-18)24-19-9-5-7-16(13-19)17-8-6-12-25(4)15-17/h5,7,9-11,13-14,17,24H,6,8,12,15,23H2,1-4H3/t17-/m0/s1. The number of benzene rings is 2. The van der Waals surface area contributed by atoms with Crippen LogP contribution in [-0.2, 0) is 5.41 Å². The van der Waals surface area contributed by atoms with Gasteiger partial charge in [-0.3, -0.25) is 0 Å². The number of nitrogens with two attached hydrogens (primary N) is 1. The third-order valence-electron chi connectivity index (χ3n) is 5.18. The van der Waals surface area contributed by atoms with E-state index >= 15 is 0 Å². The van der Waals surface area contributed by atoms with Gasteiger partial charge in [-0.25, -0.2) is 0 Å². The molecule has 0 bridgehead atoms. The van der Waals surface area contributed by atoms with Crippen molar-refractivity contribution < 1.29 is 0 Å². The first-order valence-electron chi connectivity index (χ1n) is 9.28. The maximum atomic E-state index is 6.30. The fourth-order valence-corrected chi connectivity index (χ4v) is 3.61. The molecule has 0 aliphatic carbocycles. The quantitative estimate of drug-likeness (QED) is 0.764. The number of rotatable bonds is 3. The average Bonchev–Trinajstić information content (AvgIpc) is 2.56. The summed E-state index contributed by atoms with van der Waals surface area (Å²) in [5.41, 5.74) is 12.0. The third kappa shape index (κ3) is 4.35. The molecule has 134 valence electrons. The first-order chi connectivity index (χ1) is 11.8. The Morgan fingerprint density at radius 2 is 1.92 bits per heavy atom. The molecule has 1 aliphatic heterocycles. The van der Waals surface area contributed by atoms with Gasteiger partial charge in [0.25, 0.3) is 0 Å². The minimum atomic E-state index is 0.111. The Hall–Kier alpha value is -2.00. The van der Waals surface area contributed by atoms with Gasteiger partial charge >= 0.3 is 0 Å². The molecule has 0 aromatic heterocycles. The number of hydrogen-bond acceptors (Lipinski definition) is 3. The summed E-state index contributed by atoms with van der Waals surface area (Å²) in [5.74, 6) is 0.626. The number of hydrogen-bond donors (Lipinski definition) is 2. The van der Waals surface area contributed by atoms with Crippen molar-refractivity contribution in [1.82, 2.24) is 4.90 Å². The van der Waals surface area contributed by atoms with Crippen molar-refractivity contribution >= 4 is 17.1 Å². The predicted octanol–water partition coefficient (Wildman–Crippen LogP) is 5.12. The normalized spacial score (nSPS) is 19.0. The minimum Gasteiger partial charge on any atom is -0.397 e. The molecule has 0 spiro atoms. The van der Waals surface area contributed by atoms with Gasteiger partial charge in [-0.05, 0) is 73.2 Å². The molecule has 1 aliphatic rings. The highest BCUT2D eigenvalue weighted by Gasteiger charge is 2.19. The van der Waals surface area contributed by atoms with Gasteiger partial charge in [0.05, 0.1) is 11.4 Å². The summed E-state index contributed by atoms with van der Waals surface area (Å²) in [4.78, 5) is 2.43. The second-order valence-electron chi connectivity index (χ2n) is 8.40. The zero-order valence-electron chi connectivity index (χ0n) is 16.0. The molecule has 3 nitrogen and oxygen atoms in total. The van der Waals surface area contributed by atoms with Gasteiger partial charge in [0.1, 0.15) is 0 Å². The van der Waals surface area contributed by atoms with Crippen molar-refractivity contribution in [3.05, 3.63) is 53.6 Å². The van der Waals surface area contributed by atoms with Gasteiger partial charge in [0.15, 0.2) is 0 Å². The molecule has 1 fully saturated rings. The molecule has 0 amide bonds. The summed E-state index contributed by atoms with van der Waals surface area (Å²) in [6.45, 7) is 8.98. The van der Waals surface area contributed by atoms with Gasteiger partial charge in [0.2, 0.25) is 0 Å². The molecule has 1 saturated heterocycles. The molecule has 3 heteroatoms. The molecule has 2 aromatic carbocycles. The molecule has 1 atom stereocenters. The Morgan fingerprint density at radius 3 is 2.60 bits per heavy atom. The fraction of sp³-hybridized carbons (Fsp3) is 0.455. The van der Waals surface area contributed by atoms with Crippen molar-refractivity contribution in [1.29, 1.82) is 0 Å². The van der Waals surface area contributed by atoms with E-state index in [1.165, 1.54) is 30.5 Å². The van der Waals surface area contributed by atoms with Crippen LogP contribution in [0.15, 0.2) is 42.5 Å². The van der Waals surface area contributed by atoms with E-state index in [0.717, 1.165) is 23.6 Å². The van der Waals surface area contributed by atoms with E-state index in [1.54, 1.807) is 0 Å². The van der Waals surface area contributed by atoms with Crippen molar-refractivity contribution in [2.45, 2.75) is 44.9 Å². The van der Waals surface area contributed by atoms with E-state index in [2.05, 4.69) is 80.5 Å². The Kier molecular flexibility index (Phi) is 5.05. The van der Waals surface area contributed by atoms with E-state index in [1.807, 2.05) is 0 Å². The molecule has 25 heavy (non-hydrogen) atoms. The molecule has 2 aromatic rings. The van der Waals surface area contributed by atoms with E-state index in [4.69, 9.17) is 5.73 Å². The second kappa shape index (κ2) is 7.09. The number of anilines is 3. The SMILES string of the molecule is CN1CCC[C@H](c2cccc(Nc3ccc(C(C)(C)C)cc3N)c2)C1. The average molecular weight is 338 g/mol. The van der Waals surface area contributed by atoms with Gasteiger partial charge in [-0.1, -0.05) is 39.0 Å². The lowest BCUT2D eigenvalue weighted by atomic mass is 9.86. The second-order valence-corrected chi connectivity index (χ2v) is 8.40. The van der Waals surface area contributed by atoms with E-state index in [-0.39, 0.29) is 5.41 Å². The summed E-state index contributed by atoms with van der Waals surface area (Å²) >= 11 is 0. The van der Waals surface area contributed by atoms with Crippen LogP contribution in [0.2, 0.25) is 0 Å². The van der Waals surface area contributed by atoms with Crippen LogP contribution in [0.3, 0.4) is 0 Å². The summed E-state index contributed by atoms with van der Waals surface area (Å²) in [5, 5.41) is 3.50. The largest absolute Gasteiger partial charge is 0.397 e. The highest BCUT2D eigenvalue weighted by molar-refractivity contribution is 5.73. The minimum absolute atomic E-state index is 0.111. The third-order valence-corrected chi connectivity index (χ3v) is 5.18. The zero-order chi connectivity index (χ0) is 18.0. The number of likely N-dealkylation sites (tertiary alicyclic amines) is 1. The smallest absolute Gasteiger partial charge is 0.0618 e. The van der Waals surface area contributed by atoms with Crippen LogP contribution in [0.1, 0.15) is 50.7 Å². The van der Waals surface area contributed by atoms with Gasteiger partial charge in [-0.15, -0.1) is 0 Å². The summed E-state index contributed by atoms with van der Waals surface area (Å²) in [6.07, 6.45) is 2.55. The zero-order valence-corrected chi connectivity index (χ0v) is 16.0. The molecular weight excluding hydrogens is 306 g/mol. The Bertz CT molecular complexity index is 730. The molecule has 0 saturated carbocycles. The first kappa shape index (κ1) is 17.8. The summed E-state index contributed by atoms with van der Waals surface area (Å²) in [6, 6.07) is 15.1. The van der Waals surface area contributed by atoms with Crippen LogP contribution in [0, 0.1) is 0 Å². The molecule has 3 N–H and O–H groups in total. The van der Waals surface area contributed by atoms with Crippen LogP contribution in [0.4, 0.5) is 17.1 Å². The van der Waals surface area contributed by atoms with Gasteiger partial charge < -0.3 is 16.0 Å². The molecule has 0 radical (unpaired) electrons. The van der Waals surface area contributed by atoms with Gasteiger partial charge in [0, 0.05) is 12.2 Å². The lowest BCUT2D eigenvalue weighted by Crippen LogP contribution is -2.30. The Balaban J connectivity index is 1.78. The Morgan fingerprint density at radius 1 is 1.12 bits per heavy atom. The van der Waals surface area contributed by atoms with E-state index in [9.17, 15) is 0 Å². The predicted molar refractivity (Wildman–Crippen MR) is 109 cm³/mol. The van der Waals surface area contributed by atoms with Crippen LogP contribution in [0.25, 0.3) is 0 Å². The number of nitrogens with zero attached hydrogens (tertiary/aromatic N) is 1. The number of likely N-dealkylation sites (N-methyl/N-ethyl adjacent to an activating group) is 1. The van der Waals surface area contributed by atoms with Crippen LogP contribution in [0.5, 0.6) is 0 Å². The summed E-state index contributed by atoms with van der Waals surface area (Å²) < 4.78 is 0. The highest BCUT2D eigenvalue weighted by Crippen LogP contribution is 2.32. The number of piperidine rings is 1. The lowest BCUT2D eigenvalue weighted by Gasteiger charge is -2.30. The van der Waals surface area contributed by atoms with Crippen LogP contribution >= 0.6 is 0 Å². The van der Waals surface area contributed by atoms with Crippen molar-refractivity contribution in [2.75, 3.05) is 31.2 Å². The Labute approximate surface area is 152 Å². The lowest BCUT2D eigenvalue weighted by molar-refractivity contribution is 0.251. The molecular formula is C22H31N3. The topological polar surface area (TPSA) is 41.3 Å². The monoisotopic (exact) mass is 337 g/mol. The number of nitrogens with one attached hydrogen (secondary N) is 1. The molecule has 0 unspecified atom stereocenters.